The molecule has 2 aromatic carbocycles. The Hall–Kier alpha value is -2.09. The fourth-order valence-electron chi connectivity index (χ4n) is 2.65. The molecule has 0 spiro atoms. The van der Waals surface area contributed by atoms with E-state index >= 15 is 0 Å². The van der Waals surface area contributed by atoms with Crippen molar-refractivity contribution >= 4 is 56.4 Å². The van der Waals surface area contributed by atoms with Crippen molar-refractivity contribution in [3.05, 3.63) is 58.1 Å². The van der Waals surface area contributed by atoms with E-state index in [1.54, 1.807) is 24.3 Å². The van der Waals surface area contributed by atoms with E-state index in [1.165, 1.54) is 25.1 Å². The van der Waals surface area contributed by atoms with Crippen LogP contribution in [0.5, 0.6) is 0 Å². The third-order valence-corrected chi connectivity index (χ3v) is 6.28. The number of nitrogens with one attached hydrogen (secondary N) is 1. The third-order valence-electron chi connectivity index (χ3n) is 3.87. The van der Waals surface area contributed by atoms with Gasteiger partial charge in [-0.25, -0.2) is 12.7 Å². The van der Waals surface area contributed by atoms with Crippen molar-refractivity contribution in [2.45, 2.75) is 6.92 Å². The Balaban J connectivity index is 1.95. The number of hydrogen-bond acceptors (Lipinski definition) is 4. The SMILES string of the molecule is CC1CS(=O)(=O)N(c2cc(C(=O)Nc3cccc(Cl)c3)ccc2Cl)C1=O. The van der Waals surface area contributed by atoms with Gasteiger partial charge in [0.05, 0.1) is 22.4 Å². The van der Waals surface area contributed by atoms with Gasteiger partial charge < -0.3 is 5.32 Å². The van der Waals surface area contributed by atoms with Gasteiger partial charge in [-0.1, -0.05) is 36.2 Å². The van der Waals surface area contributed by atoms with Crippen LogP contribution in [0, 0.1) is 5.92 Å². The number of sulfonamides is 1. The summed E-state index contributed by atoms with van der Waals surface area (Å²) in [6.45, 7) is 1.53. The summed E-state index contributed by atoms with van der Waals surface area (Å²) >= 11 is 12.0. The standard InChI is InChI=1S/C17H14Cl2N2O4S/c1-10-9-26(24,25)21(17(10)23)15-7-11(5-6-14(15)19)16(22)20-13-4-2-3-12(18)8-13/h2-8,10H,9H2,1H3,(H,20,22). The molecule has 26 heavy (non-hydrogen) atoms. The molecule has 1 aliphatic heterocycles. The van der Waals surface area contributed by atoms with Crippen LogP contribution in [0.15, 0.2) is 42.5 Å². The van der Waals surface area contributed by atoms with Crippen molar-refractivity contribution in [3.63, 3.8) is 0 Å². The molecule has 2 aromatic rings. The first-order valence-electron chi connectivity index (χ1n) is 7.62. The van der Waals surface area contributed by atoms with Gasteiger partial charge in [0.15, 0.2) is 0 Å². The number of halogens is 2. The first-order chi connectivity index (χ1) is 12.2. The summed E-state index contributed by atoms with van der Waals surface area (Å²) in [4.78, 5) is 24.7. The van der Waals surface area contributed by atoms with E-state index in [0.717, 1.165) is 0 Å². The van der Waals surface area contributed by atoms with Gasteiger partial charge in [-0.2, -0.15) is 0 Å². The lowest BCUT2D eigenvalue weighted by molar-refractivity contribution is -0.119. The fourth-order valence-corrected chi connectivity index (χ4v) is 4.92. The van der Waals surface area contributed by atoms with E-state index in [-0.39, 0.29) is 22.0 Å². The molecular formula is C17H14Cl2N2O4S. The molecule has 1 saturated heterocycles. The second-order valence-electron chi connectivity index (χ2n) is 5.91. The summed E-state index contributed by atoms with van der Waals surface area (Å²) in [5.74, 6) is -2.01. The Morgan fingerprint density at radius 3 is 2.54 bits per heavy atom. The molecule has 0 bridgehead atoms. The van der Waals surface area contributed by atoms with Gasteiger partial charge in [0.2, 0.25) is 15.9 Å². The molecule has 0 aromatic heterocycles. The Bertz CT molecular complexity index is 1010. The largest absolute Gasteiger partial charge is 0.322 e. The van der Waals surface area contributed by atoms with Gasteiger partial charge in [0, 0.05) is 16.3 Å². The Labute approximate surface area is 160 Å². The summed E-state index contributed by atoms with van der Waals surface area (Å²) in [5.41, 5.74) is 0.615. The van der Waals surface area contributed by atoms with E-state index in [1.807, 2.05) is 0 Å². The normalized spacial score (nSPS) is 18.8. The predicted octanol–water partition coefficient (Wildman–Crippen LogP) is 3.56. The molecule has 2 amide bonds. The molecular weight excluding hydrogens is 399 g/mol. The van der Waals surface area contributed by atoms with E-state index in [2.05, 4.69) is 5.32 Å². The Kier molecular flexibility index (Phi) is 4.96. The maximum absolute atomic E-state index is 12.5. The highest BCUT2D eigenvalue weighted by Crippen LogP contribution is 2.34. The van der Waals surface area contributed by atoms with E-state index in [4.69, 9.17) is 23.2 Å². The third kappa shape index (κ3) is 3.56. The van der Waals surface area contributed by atoms with Crippen molar-refractivity contribution < 1.29 is 18.0 Å². The number of carbonyl (C=O) groups excluding carboxylic acids is 2. The van der Waals surface area contributed by atoms with Crippen molar-refractivity contribution in [1.29, 1.82) is 0 Å². The van der Waals surface area contributed by atoms with Crippen LogP contribution in [0.3, 0.4) is 0 Å². The van der Waals surface area contributed by atoms with Crippen LogP contribution >= 0.6 is 23.2 Å². The minimum Gasteiger partial charge on any atom is -0.322 e. The minimum absolute atomic E-state index is 0.0280. The maximum Gasteiger partial charge on any atom is 0.255 e. The summed E-state index contributed by atoms with van der Waals surface area (Å²) in [5, 5.41) is 3.18. The predicted molar refractivity (Wildman–Crippen MR) is 101 cm³/mol. The summed E-state index contributed by atoms with van der Waals surface area (Å²) in [6.07, 6.45) is 0. The maximum atomic E-state index is 12.5. The first kappa shape index (κ1) is 18.7. The molecule has 136 valence electrons. The molecule has 6 nitrogen and oxygen atoms in total. The van der Waals surface area contributed by atoms with Crippen LogP contribution in [0.1, 0.15) is 17.3 Å². The van der Waals surface area contributed by atoms with Crippen LogP contribution in [0.25, 0.3) is 0 Å². The number of anilines is 2. The van der Waals surface area contributed by atoms with Gasteiger partial charge in [0.1, 0.15) is 0 Å². The molecule has 1 heterocycles. The van der Waals surface area contributed by atoms with Gasteiger partial charge >= 0.3 is 0 Å². The molecule has 9 heteroatoms. The number of amides is 2. The van der Waals surface area contributed by atoms with E-state index in [0.29, 0.717) is 15.0 Å². The van der Waals surface area contributed by atoms with Gasteiger partial charge in [0.25, 0.3) is 5.91 Å². The molecule has 0 radical (unpaired) electrons. The number of nitrogens with zero attached hydrogens (tertiary/aromatic N) is 1. The summed E-state index contributed by atoms with van der Waals surface area (Å²) in [6, 6.07) is 10.7. The van der Waals surface area contributed by atoms with E-state index < -0.39 is 27.8 Å². The second kappa shape index (κ2) is 6.90. The van der Waals surface area contributed by atoms with Crippen LogP contribution in [-0.2, 0) is 14.8 Å². The van der Waals surface area contributed by atoms with Crippen molar-refractivity contribution in [1.82, 2.24) is 0 Å². The summed E-state index contributed by atoms with van der Waals surface area (Å²) in [7, 11) is -3.82. The lowest BCUT2D eigenvalue weighted by Gasteiger charge is -2.17. The molecule has 1 aliphatic rings. The fraction of sp³-hybridized carbons (Fsp3) is 0.176. The molecule has 0 saturated carbocycles. The highest BCUT2D eigenvalue weighted by Gasteiger charge is 2.43. The monoisotopic (exact) mass is 412 g/mol. The van der Waals surface area contributed by atoms with Crippen LogP contribution in [-0.4, -0.2) is 26.0 Å². The Morgan fingerprint density at radius 2 is 1.92 bits per heavy atom. The quantitative estimate of drug-likeness (QED) is 0.834. The topological polar surface area (TPSA) is 83.6 Å². The summed E-state index contributed by atoms with van der Waals surface area (Å²) < 4.78 is 25.2. The smallest absolute Gasteiger partial charge is 0.255 e. The first-order valence-corrected chi connectivity index (χ1v) is 9.99. The molecule has 1 unspecified atom stereocenters. The number of benzene rings is 2. The van der Waals surface area contributed by atoms with E-state index in [9.17, 15) is 18.0 Å². The van der Waals surface area contributed by atoms with Crippen LogP contribution in [0.2, 0.25) is 10.0 Å². The number of rotatable bonds is 3. The lowest BCUT2D eigenvalue weighted by atomic mass is 10.1. The Morgan fingerprint density at radius 1 is 1.19 bits per heavy atom. The number of hydrogen-bond donors (Lipinski definition) is 1. The molecule has 1 fully saturated rings. The molecule has 1 atom stereocenters. The highest BCUT2D eigenvalue weighted by atomic mass is 35.5. The average molecular weight is 413 g/mol. The average Bonchev–Trinajstić information content (AvgIpc) is 2.76. The lowest BCUT2D eigenvalue weighted by Crippen LogP contribution is -2.30. The molecule has 0 aliphatic carbocycles. The zero-order chi connectivity index (χ0) is 19.1. The zero-order valence-corrected chi connectivity index (χ0v) is 15.9. The molecule has 1 N–H and O–H groups in total. The van der Waals surface area contributed by atoms with Crippen LogP contribution in [0.4, 0.5) is 11.4 Å². The van der Waals surface area contributed by atoms with Crippen molar-refractivity contribution in [2.75, 3.05) is 15.4 Å². The minimum atomic E-state index is -3.82. The van der Waals surface area contributed by atoms with Gasteiger partial charge in [-0.3, -0.25) is 9.59 Å². The van der Waals surface area contributed by atoms with Crippen LogP contribution < -0.4 is 9.62 Å². The van der Waals surface area contributed by atoms with Crippen molar-refractivity contribution in [2.24, 2.45) is 5.92 Å². The van der Waals surface area contributed by atoms with Gasteiger partial charge in [-0.05, 0) is 36.4 Å². The molecule has 3 rings (SSSR count). The van der Waals surface area contributed by atoms with Crippen molar-refractivity contribution in [3.8, 4) is 0 Å². The zero-order valence-electron chi connectivity index (χ0n) is 13.6. The number of carbonyl (C=O) groups is 2. The highest BCUT2D eigenvalue weighted by molar-refractivity contribution is 7.94. The second-order valence-corrected chi connectivity index (χ2v) is 8.62. The van der Waals surface area contributed by atoms with Gasteiger partial charge in [-0.15, -0.1) is 0 Å².